The maximum absolute atomic E-state index is 13.1. The largest absolute Gasteiger partial charge is 0.379 e. The molecule has 1 saturated heterocycles. The summed E-state index contributed by atoms with van der Waals surface area (Å²) in [6.07, 6.45) is 2.47. The van der Waals surface area contributed by atoms with Crippen LogP contribution in [0.4, 0.5) is 5.69 Å². The van der Waals surface area contributed by atoms with Gasteiger partial charge in [-0.05, 0) is 49.1 Å². The number of sulfonamides is 1. The molecule has 0 bridgehead atoms. The van der Waals surface area contributed by atoms with E-state index in [1.165, 1.54) is 4.31 Å². The molecule has 1 fully saturated rings. The van der Waals surface area contributed by atoms with Gasteiger partial charge < -0.3 is 14.6 Å². The van der Waals surface area contributed by atoms with E-state index in [9.17, 15) is 13.2 Å². The molecule has 8 nitrogen and oxygen atoms in total. The number of fused-ring (bicyclic) bond motifs is 1. The first-order valence-corrected chi connectivity index (χ1v) is 13.8. The van der Waals surface area contributed by atoms with Gasteiger partial charge in [0.1, 0.15) is 5.82 Å². The van der Waals surface area contributed by atoms with Gasteiger partial charge in [-0.25, -0.2) is 13.4 Å². The van der Waals surface area contributed by atoms with Crippen molar-refractivity contribution in [3.8, 4) is 0 Å². The summed E-state index contributed by atoms with van der Waals surface area (Å²) in [5.41, 5.74) is 4.68. The van der Waals surface area contributed by atoms with Crippen molar-refractivity contribution < 1.29 is 17.9 Å². The van der Waals surface area contributed by atoms with Gasteiger partial charge in [-0.15, -0.1) is 0 Å². The molecule has 0 unspecified atom stereocenters. The zero-order valence-corrected chi connectivity index (χ0v) is 21.5. The number of hydrogen-bond donors (Lipinski definition) is 1. The Kier molecular flexibility index (Phi) is 7.88. The number of para-hydroxylation sites is 1. The van der Waals surface area contributed by atoms with Crippen molar-refractivity contribution in [3.63, 3.8) is 0 Å². The lowest BCUT2D eigenvalue weighted by atomic mass is 10.0. The second-order valence-electron chi connectivity index (χ2n) is 8.65. The third kappa shape index (κ3) is 5.27. The summed E-state index contributed by atoms with van der Waals surface area (Å²) in [5, 5.41) is 3.12. The van der Waals surface area contributed by atoms with E-state index in [-0.39, 0.29) is 10.8 Å². The number of rotatable bonds is 9. The van der Waals surface area contributed by atoms with Gasteiger partial charge in [0.25, 0.3) is 0 Å². The molecule has 3 aromatic rings. The van der Waals surface area contributed by atoms with Crippen LogP contribution in [0.2, 0.25) is 0 Å². The molecule has 9 heteroatoms. The first kappa shape index (κ1) is 25.3. The van der Waals surface area contributed by atoms with Crippen molar-refractivity contribution in [1.82, 2.24) is 13.9 Å². The summed E-state index contributed by atoms with van der Waals surface area (Å²) >= 11 is 0. The molecule has 1 amide bonds. The van der Waals surface area contributed by atoms with E-state index in [0.29, 0.717) is 51.2 Å². The quantitative estimate of drug-likeness (QED) is 0.485. The Morgan fingerprint density at radius 3 is 2.37 bits per heavy atom. The predicted octanol–water partition coefficient (Wildman–Crippen LogP) is 3.77. The Morgan fingerprint density at radius 2 is 1.74 bits per heavy atom. The van der Waals surface area contributed by atoms with Crippen molar-refractivity contribution in [2.45, 2.75) is 57.9 Å². The van der Waals surface area contributed by atoms with Crippen molar-refractivity contribution in [3.05, 3.63) is 53.3 Å². The lowest BCUT2D eigenvalue weighted by Gasteiger charge is -2.26. The smallest absolute Gasteiger partial charge is 0.243 e. The van der Waals surface area contributed by atoms with Gasteiger partial charge in [-0.1, -0.05) is 32.0 Å². The number of aryl methyl sites for hydroxylation is 4. The Hall–Kier alpha value is -2.75. The number of ether oxygens (including phenoxy) is 1. The first-order chi connectivity index (χ1) is 16.9. The number of carbonyl (C=O) groups excluding carboxylic acids is 1. The Bertz CT molecular complexity index is 1290. The highest BCUT2D eigenvalue weighted by atomic mass is 32.2. The molecule has 1 aromatic heterocycles. The third-order valence-electron chi connectivity index (χ3n) is 6.56. The van der Waals surface area contributed by atoms with E-state index in [4.69, 9.17) is 9.72 Å². The Labute approximate surface area is 207 Å². The van der Waals surface area contributed by atoms with Crippen LogP contribution in [0, 0.1) is 0 Å². The van der Waals surface area contributed by atoms with Crippen molar-refractivity contribution in [2.24, 2.45) is 0 Å². The minimum atomic E-state index is -3.60. The lowest BCUT2D eigenvalue weighted by Crippen LogP contribution is -2.40. The summed E-state index contributed by atoms with van der Waals surface area (Å²) < 4.78 is 34.9. The number of morpholine rings is 1. The van der Waals surface area contributed by atoms with Crippen molar-refractivity contribution in [1.29, 1.82) is 0 Å². The number of nitrogens with zero attached hydrogens (tertiary/aromatic N) is 3. The van der Waals surface area contributed by atoms with Gasteiger partial charge >= 0.3 is 0 Å². The number of hydrogen-bond acceptors (Lipinski definition) is 5. The van der Waals surface area contributed by atoms with Gasteiger partial charge in [0.05, 0.1) is 29.1 Å². The van der Waals surface area contributed by atoms with Crippen LogP contribution in [0.15, 0.2) is 41.3 Å². The third-order valence-corrected chi connectivity index (χ3v) is 8.46. The molecule has 2 heterocycles. The van der Waals surface area contributed by atoms with Gasteiger partial charge in [-0.2, -0.15) is 4.31 Å². The molecule has 188 valence electrons. The summed E-state index contributed by atoms with van der Waals surface area (Å²) in [6.45, 7) is 8.39. The molecule has 0 atom stereocenters. The molecule has 1 aliphatic rings. The standard InChI is InChI=1S/C26H34N4O4S/c1-4-19-8-7-9-20(5-2)26(19)28-25(31)13-12-24-27-22-18-21(10-11-23(22)30(24)6-3)35(32,33)29-14-16-34-17-15-29/h7-11,18H,4-6,12-17H2,1-3H3,(H,28,31). The minimum Gasteiger partial charge on any atom is -0.379 e. The SMILES string of the molecule is CCc1cccc(CC)c1NC(=O)CCc1nc2cc(S(=O)(=O)N3CCOCC3)ccc2n1CC. The minimum absolute atomic E-state index is 0.0501. The summed E-state index contributed by atoms with van der Waals surface area (Å²) in [7, 11) is -3.60. The van der Waals surface area contributed by atoms with Crippen LogP contribution < -0.4 is 5.32 Å². The topological polar surface area (TPSA) is 93.5 Å². The van der Waals surface area contributed by atoms with Crippen LogP contribution in [0.5, 0.6) is 0 Å². The average Bonchev–Trinajstić information content (AvgIpc) is 3.24. The molecule has 4 rings (SSSR count). The molecule has 0 aliphatic carbocycles. The van der Waals surface area contributed by atoms with Crippen LogP contribution >= 0.6 is 0 Å². The molecule has 0 saturated carbocycles. The monoisotopic (exact) mass is 498 g/mol. The number of anilines is 1. The molecule has 1 aliphatic heterocycles. The van der Waals surface area contributed by atoms with Crippen LogP contribution in [-0.2, 0) is 45.4 Å². The van der Waals surface area contributed by atoms with E-state index < -0.39 is 10.0 Å². The van der Waals surface area contributed by atoms with Gasteiger partial charge in [0.2, 0.25) is 15.9 Å². The van der Waals surface area contributed by atoms with Crippen molar-refractivity contribution >= 4 is 32.7 Å². The van der Waals surface area contributed by atoms with Gasteiger partial charge in [-0.3, -0.25) is 4.79 Å². The fourth-order valence-corrected chi connectivity index (χ4v) is 6.06. The number of benzene rings is 2. The van der Waals surface area contributed by atoms with Gasteiger partial charge in [0.15, 0.2) is 0 Å². The van der Waals surface area contributed by atoms with E-state index >= 15 is 0 Å². The van der Waals surface area contributed by atoms with E-state index in [1.54, 1.807) is 12.1 Å². The zero-order valence-electron chi connectivity index (χ0n) is 20.7. The summed E-state index contributed by atoms with van der Waals surface area (Å²) in [4.78, 5) is 17.8. The van der Waals surface area contributed by atoms with Crippen molar-refractivity contribution in [2.75, 3.05) is 31.6 Å². The summed E-state index contributed by atoms with van der Waals surface area (Å²) in [5.74, 6) is 0.726. The first-order valence-electron chi connectivity index (χ1n) is 12.4. The summed E-state index contributed by atoms with van der Waals surface area (Å²) in [6, 6.07) is 11.2. The molecule has 35 heavy (non-hydrogen) atoms. The fraction of sp³-hybridized carbons (Fsp3) is 0.462. The van der Waals surface area contributed by atoms with Crippen LogP contribution in [-0.4, -0.2) is 54.5 Å². The van der Waals surface area contributed by atoms with E-state index in [2.05, 4.69) is 19.2 Å². The van der Waals surface area contributed by atoms with Crippen LogP contribution in [0.25, 0.3) is 11.0 Å². The average molecular weight is 499 g/mol. The normalized spacial score (nSPS) is 14.9. The molecular formula is C26H34N4O4S. The maximum Gasteiger partial charge on any atom is 0.243 e. The predicted molar refractivity (Wildman–Crippen MR) is 137 cm³/mol. The lowest BCUT2D eigenvalue weighted by molar-refractivity contribution is -0.116. The highest BCUT2D eigenvalue weighted by molar-refractivity contribution is 7.89. The molecule has 0 radical (unpaired) electrons. The Morgan fingerprint density at radius 1 is 1.06 bits per heavy atom. The number of imidazole rings is 1. The molecular weight excluding hydrogens is 464 g/mol. The second kappa shape index (κ2) is 10.9. The zero-order chi connectivity index (χ0) is 25.0. The van der Waals surface area contributed by atoms with Crippen LogP contribution in [0.1, 0.15) is 44.1 Å². The van der Waals surface area contributed by atoms with Gasteiger partial charge in [0, 0.05) is 38.2 Å². The highest BCUT2D eigenvalue weighted by Crippen LogP contribution is 2.25. The van der Waals surface area contributed by atoms with Crippen LogP contribution in [0.3, 0.4) is 0 Å². The maximum atomic E-state index is 13.1. The Balaban J connectivity index is 1.53. The second-order valence-corrected chi connectivity index (χ2v) is 10.6. The van der Waals surface area contributed by atoms with E-state index in [1.807, 2.05) is 35.8 Å². The van der Waals surface area contributed by atoms with E-state index in [0.717, 1.165) is 41.0 Å². The highest BCUT2D eigenvalue weighted by Gasteiger charge is 2.27. The number of aromatic nitrogens is 2. The number of carbonyl (C=O) groups is 1. The fourth-order valence-electron chi connectivity index (χ4n) is 4.63. The molecule has 0 spiro atoms. The molecule has 1 N–H and O–H groups in total. The number of nitrogens with one attached hydrogen (secondary N) is 1. The molecule has 2 aromatic carbocycles. The number of amides is 1.